The maximum atomic E-state index is 14.2. The van der Waals surface area contributed by atoms with Gasteiger partial charge in [0.25, 0.3) is 0 Å². The molecule has 0 radical (unpaired) electrons. The summed E-state index contributed by atoms with van der Waals surface area (Å²) in [6.45, 7) is 0. The maximum Gasteiger partial charge on any atom is 0.161 e. The Morgan fingerprint density at radius 1 is 0.591 bits per heavy atom. The van der Waals surface area contributed by atoms with Crippen molar-refractivity contribution in [3.05, 3.63) is 78.1 Å². The van der Waals surface area contributed by atoms with E-state index in [0.29, 0.717) is 6.07 Å². The van der Waals surface area contributed by atoms with E-state index in [1.807, 2.05) is 48.5 Å². The Morgan fingerprint density at radius 3 is 1.68 bits per heavy atom. The summed E-state index contributed by atoms with van der Waals surface area (Å²) in [5.41, 5.74) is 1.48. The van der Waals surface area contributed by atoms with E-state index >= 15 is 0 Å². The molecule has 0 amide bonds. The number of fused-ring (bicyclic) bond motifs is 3. The van der Waals surface area contributed by atoms with Gasteiger partial charge in [0, 0.05) is 22.9 Å². The van der Waals surface area contributed by atoms with Gasteiger partial charge in [0.1, 0.15) is 5.82 Å². The second-order valence-electron chi connectivity index (χ2n) is 5.09. The molecule has 108 valence electrons. The topological polar surface area (TPSA) is 4.93 Å². The standard InChI is InChI=1S/C18H10F3N/c19-13-9-15(21)18(10-14(13)20)22-16-7-3-1-5-11(16)12-6-2-4-8-17(12)22/h1-10H. The van der Waals surface area contributed by atoms with E-state index in [0.717, 1.165) is 27.9 Å². The van der Waals surface area contributed by atoms with Crippen LogP contribution in [0.4, 0.5) is 13.2 Å². The van der Waals surface area contributed by atoms with Crippen LogP contribution in [-0.2, 0) is 0 Å². The third-order valence-electron chi connectivity index (χ3n) is 3.81. The fourth-order valence-electron chi connectivity index (χ4n) is 2.87. The molecule has 0 N–H and O–H groups in total. The monoisotopic (exact) mass is 297 g/mol. The van der Waals surface area contributed by atoms with Crippen LogP contribution in [0.1, 0.15) is 0 Å². The van der Waals surface area contributed by atoms with Crippen molar-refractivity contribution in [2.24, 2.45) is 0 Å². The second-order valence-corrected chi connectivity index (χ2v) is 5.09. The molecule has 0 bridgehead atoms. The molecule has 0 atom stereocenters. The zero-order valence-corrected chi connectivity index (χ0v) is 11.4. The quantitative estimate of drug-likeness (QED) is 0.425. The van der Waals surface area contributed by atoms with Crippen molar-refractivity contribution in [3.8, 4) is 5.69 Å². The molecular weight excluding hydrogens is 287 g/mol. The molecule has 1 heterocycles. The van der Waals surface area contributed by atoms with E-state index in [2.05, 4.69) is 0 Å². The van der Waals surface area contributed by atoms with Crippen molar-refractivity contribution < 1.29 is 13.2 Å². The third kappa shape index (κ3) is 1.73. The Hall–Kier alpha value is -2.75. The molecule has 0 saturated heterocycles. The molecule has 3 aromatic carbocycles. The highest BCUT2D eigenvalue weighted by molar-refractivity contribution is 6.09. The summed E-state index contributed by atoms with van der Waals surface area (Å²) in [5.74, 6) is -3.06. The molecule has 4 rings (SSSR count). The SMILES string of the molecule is Fc1cc(F)c(-n2c3ccccc3c3ccccc32)cc1F. The predicted molar refractivity (Wildman–Crippen MR) is 80.7 cm³/mol. The van der Waals surface area contributed by atoms with Gasteiger partial charge in [-0.2, -0.15) is 0 Å². The fourth-order valence-corrected chi connectivity index (χ4v) is 2.87. The van der Waals surface area contributed by atoms with Crippen molar-refractivity contribution >= 4 is 21.8 Å². The van der Waals surface area contributed by atoms with Gasteiger partial charge in [0.05, 0.1) is 16.7 Å². The van der Waals surface area contributed by atoms with Gasteiger partial charge in [0.2, 0.25) is 0 Å². The van der Waals surface area contributed by atoms with Crippen LogP contribution in [-0.4, -0.2) is 4.57 Å². The van der Waals surface area contributed by atoms with Crippen molar-refractivity contribution in [2.45, 2.75) is 0 Å². The minimum absolute atomic E-state index is 0.00343. The number of hydrogen-bond donors (Lipinski definition) is 0. The van der Waals surface area contributed by atoms with E-state index in [4.69, 9.17) is 0 Å². The first-order valence-corrected chi connectivity index (χ1v) is 6.80. The summed E-state index contributed by atoms with van der Waals surface area (Å²) >= 11 is 0. The molecule has 0 fully saturated rings. The van der Waals surface area contributed by atoms with Crippen LogP contribution >= 0.6 is 0 Å². The molecule has 4 aromatic rings. The molecule has 1 nitrogen and oxygen atoms in total. The molecule has 1 aromatic heterocycles. The van der Waals surface area contributed by atoms with Crippen molar-refractivity contribution in [1.29, 1.82) is 0 Å². The highest BCUT2D eigenvalue weighted by atomic mass is 19.2. The Morgan fingerprint density at radius 2 is 1.09 bits per heavy atom. The molecule has 0 aliphatic heterocycles. The lowest BCUT2D eigenvalue weighted by Gasteiger charge is -2.09. The van der Waals surface area contributed by atoms with Crippen LogP contribution in [0.5, 0.6) is 0 Å². The normalized spacial score (nSPS) is 11.4. The average Bonchev–Trinajstić information content (AvgIpc) is 2.86. The van der Waals surface area contributed by atoms with Gasteiger partial charge in [-0.15, -0.1) is 0 Å². The first kappa shape index (κ1) is 13.0. The van der Waals surface area contributed by atoms with Gasteiger partial charge in [-0.25, -0.2) is 13.2 Å². The van der Waals surface area contributed by atoms with Crippen molar-refractivity contribution in [3.63, 3.8) is 0 Å². The molecule has 0 saturated carbocycles. The number of nitrogens with zero attached hydrogens (tertiary/aromatic N) is 1. The number of benzene rings is 3. The summed E-state index contributed by atoms with van der Waals surface area (Å²) < 4.78 is 42.6. The molecule has 0 aliphatic carbocycles. The van der Waals surface area contributed by atoms with E-state index in [1.165, 1.54) is 0 Å². The molecule has 0 aliphatic rings. The smallest absolute Gasteiger partial charge is 0.161 e. The number of aromatic nitrogens is 1. The highest BCUT2D eigenvalue weighted by Gasteiger charge is 2.16. The molecule has 0 spiro atoms. The zero-order chi connectivity index (χ0) is 15.3. The summed E-state index contributed by atoms with van der Waals surface area (Å²) in [5, 5.41) is 1.87. The lowest BCUT2D eigenvalue weighted by atomic mass is 10.2. The largest absolute Gasteiger partial charge is 0.306 e. The number of rotatable bonds is 1. The lowest BCUT2D eigenvalue weighted by molar-refractivity contribution is 0.493. The average molecular weight is 297 g/mol. The van der Waals surface area contributed by atoms with Gasteiger partial charge in [-0.1, -0.05) is 36.4 Å². The third-order valence-corrected chi connectivity index (χ3v) is 3.81. The highest BCUT2D eigenvalue weighted by Crippen LogP contribution is 2.33. The van der Waals surface area contributed by atoms with Gasteiger partial charge in [-0.05, 0) is 12.1 Å². The molecule has 22 heavy (non-hydrogen) atoms. The van der Waals surface area contributed by atoms with Crippen LogP contribution in [0.2, 0.25) is 0 Å². The van der Waals surface area contributed by atoms with Gasteiger partial charge in [-0.3, -0.25) is 0 Å². The van der Waals surface area contributed by atoms with Crippen LogP contribution < -0.4 is 0 Å². The minimum Gasteiger partial charge on any atom is -0.306 e. The number of para-hydroxylation sites is 2. The Balaban J connectivity index is 2.20. The summed E-state index contributed by atoms with van der Waals surface area (Å²) in [4.78, 5) is 0. The first-order valence-electron chi connectivity index (χ1n) is 6.80. The minimum atomic E-state index is -1.19. The number of halogens is 3. The number of hydrogen-bond acceptors (Lipinski definition) is 0. The van der Waals surface area contributed by atoms with E-state index in [1.54, 1.807) is 4.57 Å². The Bertz CT molecular complexity index is 964. The van der Waals surface area contributed by atoms with Crippen molar-refractivity contribution in [2.75, 3.05) is 0 Å². The van der Waals surface area contributed by atoms with Crippen LogP contribution in [0.25, 0.3) is 27.5 Å². The second kappa shape index (κ2) is 4.63. The van der Waals surface area contributed by atoms with Gasteiger partial charge < -0.3 is 4.57 Å². The lowest BCUT2D eigenvalue weighted by Crippen LogP contribution is -2.00. The molecule has 4 heteroatoms. The first-order chi connectivity index (χ1) is 10.7. The van der Waals surface area contributed by atoms with Crippen LogP contribution in [0, 0.1) is 17.5 Å². The maximum absolute atomic E-state index is 14.2. The summed E-state index contributed by atoms with van der Waals surface area (Å²) in [6.07, 6.45) is 0. The van der Waals surface area contributed by atoms with E-state index in [-0.39, 0.29) is 5.69 Å². The zero-order valence-electron chi connectivity index (χ0n) is 11.4. The predicted octanol–water partition coefficient (Wildman–Crippen LogP) is 5.20. The fraction of sp³-hybridized carbons (Fsp3) is 0. The summed E-state index contributed by atoms with van der Waals surface area (Å²) in [6, 6.07) is 16.4. The van der Waals surface area contributed by atoms with Gasteiger partial charge >= 0.3 is 0 Å². The van der Waals surface area contributed by atoms with E-state index in [9.17, 15) is 13.2 Å². The van der Waals surface area contributed by atoms with Gasteiger partial charge in [0.15, 0.2) is 11.6 Å². The molecular formula is C18H10F3N. The summed E-state index contributed by atoms with van der Waals surface area (Å²) in [7, 11) is 0. The Labute approximate surface area is 124 Å². The van der Waals surface area contributed by atoms with Crippen LogP contribution in [0.3, 0.4) is 0 Å². The molecule has 0 unspecified atom stereocenters. The van der Waals surface area contributed by atoms with Crippen LogP contribution in [0.15, 0.2) is 60.7 Å². The van der Waals surface area contributed by atoms with E-state index < -0.39 is 17.5 Å². The van der Waals surface area contributed by atoms with Crippen molar-refractivity contribution in [1.82, 2.24) is 4.57 Å². The Kier molecular flexibility index (Phi) is 2.73.